The second kappa shape index (κ2) is 7.54. The van der Waals surface area contributed by atoms with Crippen LogP contribution in [0.1, 0.15) is 64.2 Å². The molecule has 0 unspecified atom stereocenters. The molecule has 0 radical (unpaired) electrons. The first kappa shape index (κ1) is 17.9. The van der Waals surface area contributed by atoms with Crippen molar-refractivity contribution >= 4 is 23.8 Å². The minimum Gasteiger partial charge on any atom is -0.358 e. The lowest BCUT2D eigenvalue weighted by atomic mass is 9.89. The molecule has 7 heteroatoms. The zero-order chi connectivity index (χ0) is 18.0. The predicted octanol–water partition coefficient (Wildman–Crippen LogP) is 1.80. The van der Waals surface area contributed by atoms with E-state index < -0.39 is 29.7 Å². The van der Waals surface area contributed by atoms with Gasteiger partial charge in [-0.15, -0.1) is 0 Å². The first-order chi connectivity index (χ1) is 12.1. The minimum absolute atomic E-state index is 0.194. The van der Waals surface area contributed by atoms with Crippen LogP contribution in [-0.2, 0) is 14.4 Å². The number of amides is 5. The van der Waals surface area contributed by atoms with Crippen molar-refractivity contribution in [3.05, 3.63) is 0 Å². The number of nitrogens with one attached hydrogen (secondary N) is 1. The van der Waals surface area contributed by atoms with Gasteiger partial charge in [-0.05, 0) is 25.7 Å². The van der Waals surface area contributed by atoms with Crippen LogP contribution in [0.3, 0.4) is 0 Å². The molecule has 3 fully saturated rings. The van der Waals surface area contributed by atoms with Crippen LogP contribution in [0.2, 0.25) is 0 Å². The molecule has 1 aliphatic heterocycles. The summed E-state index contributed by atoms with van der Waals surface area (Å²) in [5.41, 5.74) is 0. The maximum Gasteiger partial charge on any atom is 0.333 e. The number of barbiturate groups is 1. The van der Waals surface area contributed by atoms with Crippen molar-refractivity contribution in [3.63, 3.8) is 0 Å². The lowest BCUT2D eigenvalue weighted by Crippen LogP contribution is -2.67. The highest BCUT2D eigenvalue weighted by molar-refractivity contribution is 6.26. The second-order valence-corrected chi connectivity index (χ2v) is 7.33. The summed E-state index contributed by atoms with van der Waals surface area (Å²) >= 11 is 0. The van der Waals surface area contributed by atoms with Gasteiger partial charge in [0.05, 0.1) is 0 Å². The van der Waals surface area contributed by atoms with E-state index in [1.54, 1.807) is 0 Å². The quantitative estimate of drug-likeness (QED) is 0.787. The van der Waals surface area contributed by atoms with Gasteiger partial charge in [-0.1, -0.05) is 38.5 Å². The largest absolute Gasteiger partial charge is 0.358 e. The Balaban J connectivity index is 1.93. The maximum atomic E-state index is 13.1. The van der Waals surface area contributed by atoms with Gasteiger partial charge in [0.2, 0.25) is 5.91 Å². The third-order valence-electron chi connectivity index (χ3n) is 5.77. The molecule has 138 valence electrons. The third-order valence-corrected chi connectivity index (χ3v) is 5.77. The second-order valence-electron chi connectivity index (χ2n) is 7.33. The Kier molecular flexibility index (Phi) is 5.39. The molecule has 1 N–H and O–H groups in total. The van der Waals surface area contributed by atoms with Crippen molar-refractivity contribution in [2.24, 2.45) is 5.92 Å². The highest BCUT2D eigenvalue weighted by Crippen LogP contribution is 2.32. The van der Waals surface area contributed by atoms with E-state index in [1.165, 1.54) is 16.8 Å². The van der Waals surface area contributed by atoms with Gasteiger partial charge in [0.25, 0.3) is 11.8 Å². The molecule has 0 atom stereocenters. The van der Waals surface area contributed by atoms with E-state index >= 15 is 0 Å². The van der Waals surface area contributed by atoms with E-state index in [-0.39, 0.29) is 12.1 Å². The molecule has 0 spiro atoms. The van der Waals surface area contributed by atoms with E-state index in [0.29, 0.717) is 0 Å². The fraction of sp³-hybridized carbons (Fsp3) is 0.778. The number of carbonyl (C=O) groups is 4. The molecule has 0 aromatic carbocycles. The number of nitrogens with zero attached hydrogens (tertiary/aromatic N) is 2. The summed E-state index contributed by atoms with van der Waals surface area (Å²) in [6.07, 6.45) is 9.05. The summed E-state index contributed by atoms with van der Waals surface area (Å²) in [7, 11) is 1.41. The molecule has 7 nitrogen and oxygen atoms in total. The van der Waals surface area contributed by atoms with E-state index in [2.05, 4.69) is 5.32 Å². The minimum atomic E-state index is -1.42. The summed E-state index contributed by atoms with van der Waals surface area (Å²) in [4.78, 5) is 53.5. The average molecular weight is 349 g/mol. The van der Waals surface area contributed by atoms with Gasteiger partial charge in [-0.25, -0.2) is 4.79 Å². The number of hydrogen-bond acceptors (Lipinski definition) is 4. The highest BCUT2D eigenvalue weighted by atomic mass is 16.2. The van der Waals surface area contributed by atoms with Crippen molar-refractivity contribution in [1.82, 2.24) is 15.1 Å². The Labute approximate surface area is 148 Å². The van der Waals surface area contributed by atoms with Gasteiger partial charge >= 0.3 is 6.03 Å². The van der Waals surface area contributed by atoms with Crippen molar-refractivity contribution < 1.29 is 19.2 Å². The van der Waals surface area contributed by atoms with Gasteiger partial charge in [-0.2, -0.15) is 0 Å². The van der Waals surface area contributed by atoms with Crippen LogP contribution >= 0.6 is 0 Å². The van der Waals surface area contributed by atoms with Gasteiger partial charge in [-0.3, -0.25) is 24.2 Å². The lowest BCUT2D eigenvalue weighted by Gasteiger charge is -2.44. The number of rotatable bonds is 3. The van der Waals surface area contributed by atoms with Crippen LogP contribution in [0.25, 0.3) is 0 Å². The molecule has 3 rings (SSSR count). The molecule has 5 amide bonds. The van der Waals surface area contributed by atoms with Gasteiger partial charge in [0.1, 0.15) is 0 Å². The highest BCUT2D eigenvalue weighted by Gasteiger charge is 2.53. The van der Waals surface area contributed by atoms with Crippen LogP contribution in [0.4, 0.5) is 4.79 Å². The number of hydrogen-bond donors (Lipinski definition) is 1. The van der Waals surface area contributed by atoms with E-state index in [0.717, 1.165) is 64.2 Å². The van der Waals surface area contributed by atoms with E-state index in [1.807, 2.05) is 0 Å². The Morgan fingerprint density at radius 1 is 0.800 bits per heavy atom. The Morgan fingerprint density at radius 3 is 1.56 bits per heavy atom. The fourth-order valence-corrected chi connectivity index (χ4v) is 4.41. The molecule has 3 aliphatic rings. The maximum absolute atomic E-state index is 13.1. The van der Waals surface area contributed by atoms with E-state index in [9.17, 15) is 19.2 Å². The Morgan fingerprint density at radius 2 is 1.20 bits per heavy atom. The average Bonchev–Trinajstić information content (AvgIpc) is 2.63. The summed E-state index contributed by atoms with van der Waals surface area (Å²) in [5.74, 6) is -3.34. The molecule has 25 heavy (non-hydrogen) atoms. The molecule has 1 heterocycles. The zero-order valence-corrected chi connectivity index (χ0v) is 14.8. The van der Waals surface area contributed by atoms with Crippen molar-refractivity contribution in [2.45, 2.75) is 76.3 Å². The summed E-state index contributed by atoms with van der Waals surface area (Å²) in [6.45, 7) is 0. The first-order valence-electron chi connectivity index (χ1n) is 9.48. The first-order valence-corrected chi connectivity index (χ1v) is 9.48. The molecule has 2 aliphatic carbocycles. The fourth-order valence-electron chi connectivity index (χ4n) is 4.41. The number of imide groups is 2. The standard InChI is InChI=1S/C18H27N3O4/c1-19-15(22)14-16(23)20(12-8-4-2-5-9-12)18(25)21(17(14)24)13-10-6-3-7-11-13/h12-14H,2-11H2,1H3,(H,19,22). The van der Waals surface area contributed by atoms with Crippen molar-refractivity contribution in [1.29, 1.82) is 0 Å². The normalized spacial score (nSPS) is 24.8. The predicted molar refractivity (Wildman–Crippen MR) is 90.4 cm³/mol. The molecule has 1 saturated heterocycles. The van der Waals surface area contributed by atoms with Crippen LogP contribution in [-0.4, -0.2) is 52.7 Å². The van der Waals surface area contributed by atoms with Crippen molar-refractivity contribution in [3.8, 4) is 0 Å². The summed E-state index contributed by atoms with van der Waals surface area (Å²) < 4.78 is 0. The van der Waals surface area contributed by atoms with Crippen molar-refractivity contribution in [2.75, 3.05) is 7.05 Å². The van der Waals surface area contributed by atoms with E-state index in [4.69, 9.17) is 0 Å². The van der Waals surface area contributed by atoms with Crippen LogP contribution in [0, 0.1) is 5.92 Å². The smallest absolute Gasteiger partial charge is 0.333 e. The zero-order valence-electron chi connectivity index (χ0n) is 14.8. The third kappa shape index (κ3) is 3.28. The molecule has 0 aromatic heterocycles. The lowest BCUT2D eigenvalue weighted by molar-refractivity contribution is -0.157. The summed E-state index contributed by atoms with van der Waals surface area (Å²) in [5, 5.41) is 2.41. The Hall–Kier alpha value is -1.92. The Bertz CT molecular complexity index is 525. The topological polar surface area (TPSA) is 86.8 Å². The number of urea groups is 1. The molecule has 0 aromatic rings. The van der Waals surface area contributed by atoms with Crippen LogP contribution in [0.5, 0.6) is 0 Å². The molecule has 2 saturated carbocycles. The van der Waals surface area contributed by atoms with Crippen LogP contribution < -0.4 is 5.32 Å². The van der Waals surface area contributed by atoms with Gasteiger partial charge < -0.3 is 5.32 Å². The van der Waals surface area contributed by atoms with Gasteiger partial charge in [0.15, 0.2) is 5.92 Å². The molecular weight excluding hydrogens is 322 g/mol. The molecular formula is C18H27N3O4. The molecule has 0 bridgehead atoms. The summed E-state index contributed by atoms with van der Waals surface area (Å²) in [6, 6.07) is -0.894. The SMILES string of the molecule is CNC(=O)C1C(=O)N(C2CCCCC2)C(=O)N(C2CCCCC2)C1=O. The number of carbonyl (C=O) groups excluding carboxylic acids is 4. The van der Waals surface area contributed by atoms with Gasteiger partial charge in [0, 0.05) is 19.1 Å². The monoisotopic (exact) mass is 349 g/mol. The van der Waals surface area contributed by atoms with Crippen LogP contribution in [0.15, 0.2) is 0 Å².